The van der Waals surface area contributed by atoms with Crippen LogP contribution >= 0.6 is 0 Å². The largest absolute Gasteiger partial charge is 0.479 e. The van der Waals surface area contributed by atoms with Crippen LogP contribution in [0.25, 0.3) is 0 Å². The lowest BCUT2D eigenvalue weighted by molar-refractivity contribution is -0.147. The van der Waals surface area contributed by atoms with Crippen LogP contribution in [-0.2, 0) is 9.22 Å². The van der Waals surface area contributed by atoms with E-state index in [1.54, 1.807) is 0 Å². The highest BCUT2D eigenvalue weighted by atomic mass is 28.4. The molecule has 0 saturated carbocycles. The summed E-state index contributed by atoms with van der Waals surface area (Å²) in [6, 6.07) is 0. The minimum absolute atomic E-state index is 0.0927. The molecular weight excluding hydrogens is 224 g/mol. The van der Waals surface area contributed by atoms with Crippen LogP contribution in [0.4, 0.5) is 0 Å². The zero-order valence-electron chi connectivity index (χ0n) is 11.1. The number of carbonyl (C=O) groups is 1. The Kier molecular flexibility index (Phi) is 5.16. The third-order valence-electron chi connectivity index (χ3n) is 3.14. The van der Waals surface area contributed by atoms with Crippen molar-refractivity contribution in [2.45, 2.75) is 64.5 Å². The Morgan fingerprint density at radius 2 is 1.81 bits per heavy atom. The quantitative estimate of drug-likeness (QED) is 0.732. The Hall–Kier alpha value is -0.393. The van der Waals surface area contributed by atoms with Gasteiger partial charge in [0.15, 0.2) is 14.4 Å². The van der Waals surface area contributed by atoms with Crippen molar-refractivity contribution in [1.82, 2.24) is 0 Å². The molecule has 16 heavy (non-hydrogen) atoms. The first-order valence-corrected chi connectivity index (χ1v) is 8.47. The van der Waals surface area contributed by atoms with Crippen LogP contribution < -0.4 is 0 Å². The molecule has 0 aromatic rings. The molecule has 0 aromatic carbocycles. The summed E-state index contributed by atoms with van der Waals surface area (Å²) in [5.41, 5.74) is 0. The fraction of sp³-hybridized carbons (Fsp3) is 0.909. The van der Waals surface area contributed by atoms with Crippen molar-refractivity contribution in [1.29, 1.82) is 0 Å². The number of aliphatic carboxylic acids is 1. The molecule has 2 atom stereocenters. The molecule has 5 heteroatoms. The van der Waals surface area contributed by atoms with Gasteiger partial charge in [0.05, 0.1) is 0 Å². The van der Waals surface area contributed by atoms with Gasteiger partial charge in [0.2, 0.25) is 0 Å². The zero-order valence-corrected chi connectivity index (χ0v) is 12.1. The maximum Gasteiger partial charge on any atom is 0.332 e. The Morgan fingerprint density at radius 3 is 2.12 bits per heavy atom. The summed E-state index contributed by atoms with van der Waals surface area (Å²) in [7, 11) is -1.87. The summed E-state index contributed by atoms with van der Waals surface area (Å²) < 4.78 is 5.94. The molecule has 0 spiro atoms. The Morgan fingerprint density at radius 1 is 1.38 bits per heavy atom. The Balaban J connectivity index is 4.35. The third-order valence-corrected chi connectivity index (χ3v) is 7.75. The molecule has 0 heterocycles. The third kappa shape index (κ3) is 4.63. The van der Waals surface area contributed by atoms with E-state index in [-0.39, 0.29) is 17.6 Å². The van der Waals surface area contributed by atoms with Crippen molar-refractivity contribution >= 4 is 14.3 Å². The molecule has 0 fully saturated rings. The molecule has 0 rings (SSSR count). The van der Waals surface area contributed by atoms with Gasteiger partial charge in [-0.1, -0.05) is 20.8 Å². The molecule has 0 aromatic heterocycles. The van der Waals surface area contributed by atoms with Gasteiger partial charge in [-0.05, 0) is 25.1 Å². The molecule has 96 valence electrons. The van der Waals surface area contributed by atoms with E-state index >= 15 is 0 Å². The Labute approximate surface area is 98.8 Å². The molecule has 0 amide bonds. The standard InChI is InChI=1S/C11H24O4Si/c1-8(7-9(12)10(13)14)15-16(5,6)11(2,3)4/h8-9,12H,7H2,1-6H3,(H,13,14). The van der Waals surface area contributed by atoms with Crippen molar-refractivity contribution in [2.75, 3.05) is 0 Å². The number of rotatable bonds is 5. The molecule has 2 unspecified atom stereocenters. The summed E-state index contributed by atoms with van der Waals surface area (Å²) in [5, 5.41) is 17.9. The van der Waals surface area contributed by atoms with E-state index in [0.29, 0.717) is 0 Å². The molecule has 0 aliphatic heterocycles. The number of hydrogen-bond donors (Lipinski definition) is 2. The minimum Gasteiger partial charge on any atom is -0.479 e. The number of hydrogen-bond acceptors (Lipinski definition) is 3. The maximum atomic E-state index is 10.5. The van der Waals surface area contributed by atoms with Gasteiger partial charge in [0.1, 0.15) is 0 Å². The maximum absolute atomic E-state index is 10.5. The van der Waals surface area contributed by atoms with Gasteiger partial charge in [-0.3, -0.25) is 0 Å². The number of aliphatic hydroxyl groups is 1. The van der Waals surface area contributed by atoms with Crippen LogP contribution in [0.2, 0.25) is 18.1 Å². The van der Waals surface area contributed by atoms with E-state index < -0.39 is 20.4 Å². The van der Waals surface area contributed by atoms with Crippen LogP contribution in [0.15, 0.2) is 0 Å². The van der Waals surface area contributed by atoms with Gasteiger partial charge in [-0.2, -0.15) is 0 Å². The smallest absolute Gasteiger partial charge is 0.332 e. The van der Waals surface area contributed by atoms with Gasteiger partial charge >= 0.3 is 5.97 Å². The van der Waals surface area contributed by atoms with E-state index in [4.69, 9.17) is 9.53 Å². The van der Waals surface area contributed by atoms with E-state index in [1.807, 2.05) is 6.92 Å². The fourth-order valence-corrected chi connectivity index (χ4v) is 2.60. The van der Waals surface area contributed by atoms with E-state index in [1.165, 1.54) is 0 Å². The van der Waals surface area contributed by atoms with Crippen molar-refractivity contribution < 1.29 is 19.4 Å². The first-order valence-electron chi connectivity index (χ1n) is 5.56. The molecular formula is C11H24O4Si. The molecule has 4 nitrogen and oxygen atoms in total. The summed E-state index contributed by atoms with van der Waals surface area (Å²) in [5.74, 6) is -1.19. The lowest BCUT2D eigenvalue weighted by Crippen LogP contribution is -2.44. The molecule has 0 radical (unpaired) electrons. The van der Waals surface area contributed by atoms with Crippen LogP contribution in [0, 0.1) is 0 Å². The lowest BCUT2D eigenvalue weighted by Gasteiger charge is -2.38. The van der Waals surface area contributed by atoms with E-state index in [9.17, 15) is 9.90 Å². The van der Waals surface area contributed by atoms with Crippen LogP contribution in [-0.4, -0.2) is 36.7 Å². The van der Waals surface area contributed by atoms with Gasteiger partial charge in [-0.25, -0.2) is 4.79 Å². The van der Waals surface area contributed by atoms with Gasteiger partial charge < -0.3 is 14.6 Å². The van der Waals surface area contributed by atoms with Crippen LogP contribution in [0.1, 0.15) is 34.1 Å². The van der Waals surface area contributed by atoms with Crippen LogP contribution in [0.5, 0.6) is 0 Å². The summed E-state index contributed by atoms with van der Waals surface area (Å²) >= 11 is 0. The normalized spacial score (nSPS) is 16.9. The molecule has 2 N–H and O–H groups in total. The highest BCUT2D eigenvalue weighted by Crippen LogP contribution is 2.37. The zero-order chi connectivity index (χ0) is 13.1. The van der Waals surface area contributed by atoms with Crippen LogP contribution in [0.3, 0.4) is 0 Å². The fourth-order valence-electron chi connectivity index (χ4n) is 1.14. The SMILES string of the molecule is CC(CC(O)C(=O)O)O[Si](C)(C)C(C)(C)C. The molecule has 0 aliphatic carbocycles. The van der Waals surface area contributed by atoms with Crippen molar-refractivity contribution in [3.63, 3.8) is 0 Å². The minimum atomic E-state index is -1.87. The number of carboxylic acid groups (broad SMARTS) is 1. The Bertz CT molecular complexity index is 245. The summed E-state index contributed by atoms with van der Waals surface area (Å²) in [6.45, 7) is 12.4. The highest BCUT2D eigenvalue weighted by Gasteiger charge is 2.38. The molecule has 0 saturated heterocycles. The second-order valence-electron chi connectivity index (χ2n) is 5.78. The first kappa shape index (κ1) is 15.6. The number of aliphatic hydroxyl groups excluding tert-OH is 1. The lowest BCUT2D eigenvalue weighted by atomic mass is 10.2. The second-order valence-corrected chi connectivity index (χ2v) is 10.5. The van der Waals surface area contributed by atoms with Crippen molar-refractivity contribution in [2.24, 2.45) is 0 Å². The number of carboxylic acids is 1. The first-order chi connectivity index (χ1) is 6.97. The predicted molar refractivity (Wildman–Crippen MR) is 66.0 cm³/mol. The second kappa shape index (κ2) is 5.29. The summed E-state index contributed by atoms with van der Waals surface area (Å²) in [4.78, 5) is 10.5. The molecule has 0 aliphatic rings. The van der Waals surface area contributed by atoms with Gasteiger partial charge in [0, 0.05) is 12.5 Å². The molecule has 0 bridgehead atoms. The monoisotopic (exact) mass is 248 g/mol. The topological polar surface area (TPSA) is 66.8 Å². The van der Waals surface area contributed by atoms with Gasteiger partial charge in [-0.15, -0.1) is 0 Å². The van der Waals surface area contributed by atoms with Crippen molar-refractivity contribution in [3.05, 3.63) is 0 Å². The average Bonchev–Trinajstić information content (AvgIpc) is 1.99. The van der Waals surface area contributed by atoms with E-state index in [0.717, 1.165) is 0 Å². The average molecular weight is 248 g/mol. The van der Waals surface area contributed by atoms with Gasteiger partial charge in [0.25, 0.3) is 0 Å². The van der Waals surface area contributed by atoms with Crippen molar-refractivity contribution in [3.8, 4) is 0 Å². The summed E-state index contributed by atoms with van der Waals surface area (Å²) in [6.07, 6.45) is -1.42. The highest BCUT2D eigenvalue weighted by molar-refractivity contribution is 6.74. The predicted octanol–water partition coefficient (Wildman–Crippen LogP) is 2.23. The van der Waals surface area contributed by atoms with E-state index in [2.05, 4.69) is 33.9 Å².